The maximum atomic E-state index is 12.9. The average molecular weight is 670 g/mol. The summed E-state index contributed by atoms with van der Waals surface area (Å²) >= 11 is 11.3. The van der Waals surface area contributed by atoms with Crippen molar-refractivity contribution in [3.8, 4) is 5.75 Å². The zero-order valence-electron chi connectivity index (χ0n) is 21.7. The minimum Gasteiger partial charge on any atom is -0.387 e. The van der Waals surface area contributed by atoms with Crippen LogP contribution in [-0.2, 0) is 26.3 Å². The third kappa shape index (κ3) is 6.42. The third-order valence-corrected chi connectivity index (χ3v) is 9.05. The number of hydrogen-bond donors (Lipinski definition) is 0. The summed E-state index contributed by atoms with van der Waals surface area (Å²) in [6, 6.07) is 6.52. The quantitative estimate of drug-likeness (QED) is 0.336. The number of likely N-dealkylation sites (tertiary alicyclic amines) is 1. The number of hydrogen-bond acceptors (Lipinski definition) is 9. The number of carbonyl (C=O) groups is 1. The smallest absolute Gasteiger partial charge is 0.306 e. The van der Waals surface area contributed by atoms with Crippen LogP contribution in [0.15, 0.2) is 50.3 Å². The van der Waals surface area contributed by atoms with Crippen LogP contribution in [0.4, 0.5) is 0 Å². The lowest BCUT2D eigenvalue weighted by Crippen LogP contribution is -2.41. The molecule has 4 heterocycles. The molecule has 1 fully saturated rings. The summed E-state index contributed by atoms with van der Waals surface area (Å²) < 4.78 is 30.8. The largest absolute Gasteiger partial charge is 0.387 e. The number of carbonyl (C=O) groups excluding carboxylic acids is 1. The Morgan fingerprint density at radius 1 is 1.30 bits per heavy atom. The van der Waals surface area contributed by atoms with Crippen molar-refractivity contribution in [3.63, 3.8) is 0 Å². The summed E-state index contributed by atoms with van der Waals surface area (Å²) in [5.74, 6) is 0.229. The third-order valence-electron chi connectivity index (χ3n) is 6.80. The number of benzene rings is 1. The molecule has 212 valence electrons. The van der Waals surface area contributed by atoms with E-state index in [1.165, 1.54) is 22.0 Å². The topological polar surface area (TPSA) is 120 Å². The normalized spacial score (nSPS) is 17.9. The zero-order chi connectivity index (χ0) is 28.6. The molecule has 0 radical (unpaired) electrons. The van der Waals surface area contributed by atoms with Crippen LogP contribution < -0.4 is 9.74 Å². The van der Waals surface area contributed by atoms with E-state index in [1.54, 1.807) is 36.2 Å². The van der Waals surface area contributed by atoms with Gasteiger partial charge in [0.2, 0.25) is 5.91 Å². The maximum absolute atomic E-state index is 12.9. The summed E-state index contributed by atoms with van der Waals surface area (Å²) in [5, 5.41) is 7.42. The van der Waals surface area contributed by atoms with Gasteiger partial charge in [0.05, 0.1) is 27.5 Å². The van der Waals surface area contributed by atoms with Crippen molar-refractivity contribution >= 4 is 60.6 Å². The molecule has 1 atom stereocenters. The number of oxime groups is 1. The van der Waals surface area contributed by atoms with E-state index in [4.69, 9.17) is 25.6 Å². The predicted octanol–water partition coefficient (Wildman–Crippen LogP) is 4.64. The monoisotopic (exact) mass is 668 g/mol. The lowest BCUT2D eigenvalue weighted by atomic mass is 9.97. The molecule has 3 aromatic rings. The fourth-order valence-corrected chi connectivity index (χ4v) is 7.19. The lowest BCUT2D eigenvalue weighted by Gasteiger charge is -2.31. The molecule has 14 heteroatoms. The molecule has 1 unspecified atom stereocenters. The van der Waals surface area contributed by atoms with Crippen molar-refractivity contribution < 1.29 is 22.2 Å². The van der Waals surface area contributed by atoms with Gasteiger partial charge in [-0.3, -0.25) is 9.59 Å². The first-order valence-corrected chi connectivity index (χ1v) is 16.4. The molecular formula is C26H26BrClN4O6S2. The van der Waals surface area contributed by atoms with Gasteiger partial charge in [0.1, 0.15) is 12.3 Å². The molecule has 0 saturated carbocycles. The highest BCUT2D eigenvalue weighted by Gasteiger charge is 2.32. The summed E-state index contributed by atoms with van der Waals surface area (Å²) in [6.45, 7) is 2.91. The van der Waals surface area contributed by atoms with Crippen LogP contribution in [0, 0.1) is 6.92 Å². The van der Waals surface area contributed by atoms with Gasteiger partial charge in [-0.15, -0.1) is 11.3 Å². The number of amides is 1. The molecule has 0 aliphatic carbocycles. The maximum Gasteiger partial charge on any atom is 0.306 e. The van der Waals surface area contributed by atoms with Crippen molar-refractivity contribution in [2.75, 3.05) is 19.3 Å². The Morgan fingerprint density at radius 3 is 2.77 bits per heavy atom. The number of aromatic nitrogens is 2. The predicted molar refractivity (Wildman–Crippen MR) is 156 cm³/mol. The fourth-order valence-electron chi connectivity index (χ4n) is 4.84. The lowest BCUT2D eigenvalue weighted by molar-refractivity contribution is -0.132. The molecule has 0 N–H and O–H groups in total. The highest BCUT2D eigenvalue weighted by atomic mass is 79.9. The molecule has 2 aromatic heterocycles. The van der Waals surface area contributed by atoms with Gasteiger partial charge >= 0.3 is 10.1 Å². The molecule has 2 aliphatic heterocycles. The standard InChI is InChI=1S/C26H26BrClN4O6S2/c1-15-10-17(27)12-32(26(15)34)13-23(33)31-8-6-16(7-9-31)25-29-20(14-39-25)19-11-22(37-30-19)24-18(28)4-3-5-21(24)38-40(2,35)36/h3-5,10,12,14,16,22H,6-9,11,13H2,1-2H3. The van der Waals surface area contributed by atoms with Crippen LogP contribution in [0.5, 0.6) is 5.75 Å². The van der Waals surface area contributed by atoms with Crippen LogP contribution >= 0.6 is 38.9 Å². The van der Waals surface area contributed by atoms with Crippen LogP contribution in [0.1, 0.15) is 53.1 Å². The first-order chi connectivity index (χ1) is 19.0. The van der Waals surface area contributed by atoms with E-state index in [2.05, 4.69) is 21.1 Å². The summed E-state index contributed by atoms with van der Waals surface area (Å²) in [4.78, 5) is 37.5. The molecule has 2 aliphatic rings. The molecule has 0 bridgehead atoms. The molecule has 10 nitrogen and oxygen atoms in total. The minimum absolute atomic E-state index is 0.00847. The summed E-state index contributed by atoms with van der Waals surface area (Å²) in [6.07, 6.45) is 3.89. The van der Waals surface area contributed by atoms with E-state index < -0.39 is 16.2 Å². The van der Waals surface area contributed by atoms with Gasteiger partial charge in [-0.1, -0.05) is 22.8 Å². The van der Waals surface area contributed by atoms with Crippen LogP contribution in [0.3, 0.4) is 0 Å². The number of rotatable bonds is 7. The molecule has 40 heavy (non-hydrogen) atoms. The molecule has 1 amide bonds. The van der Waals surface area contributed by atoms with Gasteiger partial charge in [0.15, 0.2) is 11.9 Å². The first kappa shape index (κ1) is 28.8. The number of halogens is 2. The Morgan fingerprint density at radius 2 is 2.05 bits per heavy atom. The molecule has 1 saturated heterocycles. The summed E-state index contributed by atoms with van der Waals surface area (Å²) in [7, 11) is -3.76. The van der Waals surface area contributed by atoms with Crippen LogP contribution in [0.2, 0.25) is 5.02 Å². The van der Waals surface area contributed by atoms with E-state index in [-0.39, 0.29) is 29.7 Å². The number of pyridine rings is 1. The van der Waals surface area contributed by atoms with E-state index >= 15 is 0 Å². The number of piperidine rings is 1. The second-order valence-electron chi connectivity index (χ2n) is 9.78. The van der Waals surface area contributed by atoms with Crippen molar-refractivity contribution in [1.29, 1.82) is 0 Å². The second kappa shape index (κ2) is 11.6. The fraction of sp³-hybridized carbons (Fsp3) is 0.385. The van der Waals surface area contributed by atoms with Gasteiger partial charge in [0.25, 0.3) is 5.56 Å². The number of nitrogens with zero attached hydrogens (tertiary/aromatic N) is 4. The number of thiazole rings is 1. The van der Waals surface area contributed by atoms with Gasteiger partial charge in [-0.25, -0.2) is 4.98 Å². The van der Waals surface area contributed by atoms with Gasteiger partial charge in [-0.2, -0.15) is 8.42 Å². The highest BCUT2D eigenvalue weighted by molar-refractivity contribution is 9.10. The molecular weight excluding hydrogens is 644 g/mol. The number of aryl methyl sites for hydroxylation is 1. The van der Waals surface area contributed by atoms with Crippen molar-refractivity contribution in [2.24, 2.45) is 5.16 Å². The van der Waals surface area contributed by atoms with Crippen LogP contribution in [0.25, 0.3) is 0 Å². The Hall–Kier alpha value is -2.74. The van der Waals surface area contributed by atoms with E-state index in [0.717, 1.165) is 28.6 Å². The van der Waals surface area contributed by atoms with Crippen molar-refractivity contribution in [2.45, 2.75) is 44.8 Å². The van der Waals surface area contributed by atoms with Crippen molar-refractivity contribution in [1.82, 2.24) is 14.5 Å². The second-order valence-corrected chi connectivity index (χ2v) is 13.6. The molecule has 0 spiro atoms. The Kier molecular flexibility index (Phi) is 8.37. The zero-order valence-corrected chi connectivity index (χ0v) is 25.6. The van der Waals surface area contributed by atoms with E-state index in [0.29, 0.717) is 47.1 Å². The molecule has 1 aromatic carbocycles. The average Bonchev–Trinajstić information content (AvgIpc) is 3.56. The van der Waals surface area contributed by atoms with Crippen molar-refractivity contribution in [3.05, 3.63) is 77.5 Å². The SMILES string of the molecule is Cc1cc(Br)cn(CC(=O)N2CCC(c3nc(C4=NOC(c5c(Cl)cccc5OS(C)(=O)=O)C4)cs3)CC2)c1=O. The Balaban J connectivity index is 1.20. The minimum atomic E-state index is -3.76. The van der Waals surface area contributed by atoms with Gasteiger partial charge in [-0.05, 0) is 53.9 Å². The first-order valence-electron chi connectivity index (χ1n) is 12.5. The van der Waals surface area contributed by atoms with E-state index in [9.17, 15) is 18.0 Å². The Labute approximate surface area is 248 Å². The highest BCUT2D eigenvalue weighted by Crippen LogP contribution is 2.40. The van der Waals surface area contributed by atoms with Gasteiger partial charge in [0, 0.05) is 47.0 Å². The molecule has 5 rings (SSSR count). The summed E-state index contributed by atoms with van der Waals surface area (Å²) in [5.41, 5.74) is 2.17. The Bertz CT molecular complexity index is 1650. The van der Waals surface area contributed by atoms with E-state index in [1.807, 2.05) is 5.38 Å². The van der Waals surface area contributed by atoms with Gasteiger partial charge < -0.3 is 18.5 Å². The van der Waals surface area contributed by atoms with Crippen LogP contribution in [-0.4, -0.2) is 53.8 Å².